The summed E-state index contributed by atoms with van der Waals surface area (Å²) in [6.45, 7) is -3.32. The van der Waals surface area contributed by atoms with Crippen molar-refractivity contribution in [3.8, 4) is 17.6 Å². The van der Waals surface area contributed by atoms with Crippen LogP contribution in [0.4, 0.5) is 14.5 Å². The molecule has 2 aromatic carbocycles. The number of rotatable bonds is 6. The molecule has 8 heteroatoms. The maximum absolute atomic E-state index is 12.1. The molecule has 0 saturated heterocycles. The summed E-state index contributed by atoms with van der Waals surface area (Å²) in [6.07, 6.45) is 0. The van der Waals surface area contributed by atoms with E-state index in [0.29, 0.717) is 11.3 Å². The fourth-order valence-corrected chi connectivity index (χ4v) is 2.02. The number of ether oxygens (including phenoxy) is 2. The zero-order chi connectivity index (χ0) is 17.5. The van der Waals surface area contributed by atoms with E-state index in [1.54, 1.807) is 24.3 Å². The number of para-hydroxylation sites is 1. The number of benzene rings is 2. The van der Waals surface area contributed by atoms with Crippen LogP contribution in [0.25, 0.3) is 0 Å². The zero-order valence-corrected chi connectivity index (χ0v) is 12.9. The van der Waals surface area contributed by atoms with Crippen LogP contribution in [0.1, 0.15) is 5.56 Å². The molecule has 1 N–H and O–H groups in total. The molecule has 0 aliphatic heterocycles. The Morgan fingerprint density at radius 3 is 2.67 bits per heavy atom. The highest BCUT2D eigenvalue weighted by molar-refractivity contribution is 6.32. The lowest BCUT2D eigenvalue weighted by Gasteiger charge is -2.10. The Morgan fingerprint density at radius 1 is 1.25 bits per heavy atom. The summed E-state index contributed by atoms with van der Waals surface area (Å²) in [4.78, 5) is 11.8. The van der Waals surface area contributed by atoms with E-state index in [4.69, 9.17) is 21.6 Å². The molecule has 0 spiro atoms. The summed E-state index contributed by atoms with van der Waals surface area (Å²) in [7, 11) is 0. The minimum absolute atomic E-state index is 0.0659. The van der Waals surface area contributed by atoms with E-state index in [-0.39, 0.29) is 23.1 Å². The number of nitriles is 1. The van der Waals surface area contributed by atoms with Crippen LogP contribution >= 0.6 is 11.6 Å². The van der Waals surface area contributed by atoms with E-state index >= 15 is 0 Å². The minimum Gasteiger partial charge on any atom is -0.482 e. The average Bonchev–Trinajstić information content (AvgIpc) is 2.55. The smallest absolute Gasteiger partial charge is 0.387 e. The lowest BCUT2D eigenvalue weighted by atomic mass is 10.2. The normalized spacial score (nSPS) is 10.1. The van der Waals surface area contributed by atoms with Crippen molar-refractivity contribution in [3.63, 3.8) is 0 Å². The molecule has 0 saturated carbocycles. The largest absolute Gasteiger partial charge is 0.482 e. The number of carbonyl (C=O) groups is 1. The van der Waals surface area contributed by atoms with E-state index in [1.807, 2.05) is 6.07 Å². The number of hydrogen-bond donors (Lipinski definition) is 1. The Labute approximate surface area is 141 Å². The van der Waals surface area contributed by atoms with E-state index in [1.165, 1.54) is 18.2 Å². The van der Waals surface area contributed by atoms with Gasteiger partial charge in [-0.25, -0.2) is 0 Å². The van der Waals surface area contributed by atoms with Crippen molar-refractivity contribution >= 4 is 23.2 Å². The topological polar surface area (TPSA) is 71.3 Å². The Kier molecular flexibility index (Phi) is 5.93. The highest BCUT2D eigenvalue weighted by Crippen LogP contribution is 2.28. The van der Waals surface area contributed by atoms with Gasteiger partial charge in [-0.1, -0.05) is 23.7 Å². The van der Waals surface area contributed by atoms with Gasteiger partial charge in [-0.05, 0) is 30.3 Å². The molecule has 0 unspecified atom stereocenters. The second-order valence-electron chi connectivity index (χ2n) is 4.47. The van der Waals surface area contributed by atoms with Crippen LogP contribution < -0.4 is 14.8 Å². The molecule has 2 rings (SSSR count). The van der Waals surface area contributed by atoms with Crippen molar-refractivity contribution in [2.24, 2.45) is 0 Å². The van der Waals surface area contributed by atoms with Gasteiger partial charge in [0, 0.05) is 5.69 Å². The number of nitrogens with zero attached hydrogens (tertiary/aromatic N) is 1. The quantitative estimate of drug-likeness (QED) is 0.857. The highest BCUT2D eigenvalue weighted by Gasteiger charge is 2.11. The van der Waals surface area contributed by atoms with Gasteiger partial charge in [0.1, 0.15) is 17.6 Å². The SMILES string of the molecule is N#Cc1ccccc1OCC(=O)Nc1ccc(OC(F)F)c(Cl)c1. The molecular formula is C16H11ClF2N2O3. The van der Waals surface area contributed by atoms with Gasteiger partial charge < -0.3 is 14.8 Å². The Balaban J connectivity index is 1.95. The summed E-state index contributed by atoms with van der Waals surface area (Å²) in [6, 6.07) is 12.3. The Morgan fingerprint density at radius 2 is 2.00 bits per heavy atom. The summed E-state index contributed by atoms with van der Waals surface area (Å²) in [5.41, 5.74) is 0.602. The van der Waals surface area contributed by atoms with Crippen LogP contribution in [0.15, 0.2) is 42.5 Å². The molecule has 0 heterocycles. The molecule has 1 amide bonds. The summed E-state index contributed by atoms with van der Waals surface area (Å²) in [5.74, 6) is -0.404. The lowest BCUT2D eigenvalue weighted by Crippen LogP contribution is -2.20. The van der Waals surface area contributed by atoms with Gasteiger partial charge in [0.25, 0.3) is 5.91 Å². The first-order valence-corrected chi connectivity index (χ1v) is 7.03. The standard InChI is InChI=1S/C16H11ClF2N2O3/c17-12-7-11(5-6-14(12)24-16(18)19)21-15(22)9-23-13-4-2-1-3-10(13)8-20/h1-7,16H,9H2,(H,21,22). The zero-order valence-electron chi connectivity index (χ0n) is 12.1. The molecule has 0 radical (unpaired) electrons. The van der Waals surface area contributed by atoms with Crippen molar-refractivity contribution < 1.29 is 23.0 Å². The second kappa shape index (κ2) is 8.13. The monoisotopic (exact) mass is 352 g/mol. The minimum atomic E-state index is -2.99. The van der Waals surface area contributed by atoms with Gasteiger partial charge in [0.15, 0.2) is 6.61 Å². The third-order valence-electron chi connectivity index (χ3n) is 2.80. The van der Waals surface area contributed by atoms with Crippen molar-refractivity contribution in [2.45, 2.75) is 6.61 Å². The van der Waals surface area contributed by atoms with Gasteiger partial charge >= 0.3 is 6.61 Å². The van der Waals surface area contributed by atoms with Crippen LogP contribution in [0.2, 0.25) is 5.02 Å². The molecule has 0 aliphatic carbocycles. The van der Waals surface area contributed by atoms with Gasteiger partial charge in [-0.3, -0.25) is 4.79 Å². The first kappa shape index (κ1) is 17.5. The molecule has 124 valence electrons. The van der Waals surface area contributed by atoms with Gasteiger partial charge in [-0.15, -0.1) is 0 Å². The number of nitrogens with one attached hydrogen (secondary N) is 1. The first-order chi connectivity index (χ1) is 11.5. The van der Waals surface area contributed by atoms with E-state index in [0.717, 1.165) is 0 Å². The molecule has 0 fully saturated rings. The van der Waals surface area contributed by atoms with E-state index in [2.05, 4.69) is 10.1 Å². The van der Waals surface area contributed by atoms with Gasteiger partial charge in [0.2, 0.25) is 0 Å². The predicted octanol–water partition coefficient (Wildman–Crippen LogP) is 3.83. The van der Waals surface area contributed by atoms with Crippen LogP contribution in [0.5, 0.6) is 11.5 Å². The third-order valence-corrected chi connectivity index (χ3v) is 3.09. The molecule has 2 aromatic rings. The van der Waals surface area contributed by atoms with Crippen LogP contribution in [0.3, 0.4) is 0 Å². The van der Waals surface area contributed by atoms with Crippen molar-refractivity contribution in [1.29, 1.82) is 5.26 Å². The second-order valence-corrected chi connectivity index (χ2v) is 4.88. The maximum atomic E-state index is 12.1. The fourth-order valence-electron chi connectivity index (χ4n) is 1.80. The summed E-state index contributed by atoms with van der Waals surface area (Å²) in [5, 5.41) is 11.4. The van der Waals surface area contributed by atoms with Crippen molar-refractivity contribution in [3.05, 3.63) is 53.1 Å². The van der Waals surface area contributed by atoms with Crippen LogP contribution in [-0.4, -0.2) is 19.1 Å². The molecule has 24 heavy (non-hydrogen) atoms. The van der Waals surface area contributed by atoms with E-state index < -0.39 is 12.5 Å². The molecular weight excluding hydrogens is 342 g/mol. The fraction of sp³-hybridized carbons (Fsp3) is 0.125. The molecule has 5 nitrogen and oxygen atoms in total. The Hall–Kier alpha value is -2.85. The molecule has 0 atom stereocenters. The van der Waals surface area contributed by atoms with Gasteiger partial charge in [-0.2, -0.15) is 14.0 Å². The number of amides is 1. The lowest BCUT2D eigenvalue weighted by molar-refractivity contribution is -0.118. The highest BCUT2D eigenvalue weighted by atomic mass is 35.5. The number of halogens is 3. The first-order valence-electron chi connectivity index (χ1n) is 6.65. The van der Waals surface area contributed by atoms with E-state index in [9.17, 15) is 13.6 Å². The number of hydrogen-bond acceptors (Lipinski definition) is 4. The number of carbonyl (C=O) groups excluding carboxylic acids is 1. The molecule has 0 aromatic heterocycles. The Bertz CT molecular complexity index is 778. The summed E-state index contributed by atoms with van der Waals surface area (Å²) < 4.78 is 33.8. The number of anilines is 1. The third kappa shape index (κ3) is 4.83. The number of alkyl halides is 2. The molecule has 0 aliphatic rings. The van der Waals surface area contributed by atoms with Crippen molar-refractivity contribution in [2.75, 3.05) is 11.9 Å². The molecule has 0 bridgehead atoms. The average molecular weight is 353 g/mol. The summed E-state index contributed by atoms with van der Waals surface area (Å²) >= 11 is 5.79. The van der Waals surface area contributed by atoms with Gasteiger partial charge in [0.05, 0.1) is 10.6 Å². The van der Waals surface area contributed by atoms with Crippen LogP contribution in [0, 0.1) is 11.3 Å². The van der Waals surface area contributed by atoms with Crippen molar-refractivity contribution in [1.82, 2.24) is 0 Å². The van der Waals surface area contributed by atoms with Crippen LogP contribution in [-0.2, 0) is 4.79 Å². The maximum Gasteiger partial charge on any atom is 0.387 e. The predicted molar refractivity (Wildman–Crippen MR) is 83.4 cm³/mol.